The van der Waals surface area contributed by atoms with Crippen LogP contribution < -0.4 is 10.5 Å². The molecule has 102 valence electrons. The molecule has 4 N–H and O–H groups in total. The molecule has 0 saturated carbocycles. The van der Waals surface area contributed by atoms with Crippen molar-refractivity contribution in [2.45, 2.75) is 18.7 Å². The highest BCUT2D eigenvalue weighted by Crippen LogP contribution is 2.26. The van der Waals surface area contributed by atoms with Crippen LogP contribution in [0.25, 0.3) is 0 Å². The molecular weight excluding hydrogens is 288 g/mol. The van der Waals surface area contributed by atoms with E-state index >= 15 is 0 Å². The summed E-state index contributed by atoms with van der Waals surface area (Å²) in [7, 11) is -3.79. The van der Waals surface area contributed by atoms with E-state index < -0.39 is 10.0 Å². The summed E-state index contributed by atoms with van der Waals surface area (Å²) in [5, 5.41) is 6.66. The van der Waals surface area contributed by atoms with Crippen LogP contribution in [-0.4, -0.2) is 18.6 Å². The molecule has 0 aliphatic carbocycles. The molecule has 0 fully saturated rings. The van der Waals surface area contributed by atoms with E-state index in [0.29, 0.717) is 5.69 Å². The Balaban J connectivity index is 2.41. The average Bonchev–Trinajstić information content (AvgIpc) is 2.60. The minimum atomic E-state index is -3.79. The Morgan fingerprint density at radius 2 is 2.05 bits per heavy atom. The van der Waals surface area contributed by atoms with Crippen LogP contribution in [0.2, 0.25) is 5.02 Å². The van der Waals surface area contributed by atoms with Gasteiger partial charge in [0.1, 0.15) is 4.90 Å². The normalized spacial score (nSPS) is 11.5. The van der Waals surface area contributed by atoms with Gasteiger partial charge < -0.3 is 5.73 Å². The Bertz CT molecular complexity index is 724. The lowest BCUT2D eigenvalue weighted by Gasteiger charge is -2.08. The van der Waals surface area contributed by atoms with Gasteiger partial charge in [-0.05, 0) is 32.0 Å². The molecule has 0 spiro atoms. The van der Waals surface area contributed by atoms with Crippen LogP contribution in [0.3, 0.4) is 0 Å². The highest BCUT2D eigenvalue weighted by Gasteiger charge is 2.20. The molecular formula is C11H13ClN4O2S. The number of hydrogen-bond acceptors (Lipinski definition) is 4. The Kier molecular flexibility index (Phi) is 3.42. The van der Waals surface area contributed by atoms with E-state index in [1.54, 1.807) is 13.8 Å². The van der Waals surface area contributed by atoms with E-state index in [0.717, 1.165) is 11.3 Å². The molecule has 0 saturated heterocycles. The van der Waals surface area contributed by atoms with Crippen molar-refractivity contribution in [2.75, 3.05) is 10.5 Å². The van der Waals surface area contributed by atoms with Gasteiger partial charge in [-0.3, -0.25) is 9.82 Å². The van der Waals surface area contributed by atoms with Gasteiger partial charge in [0, 0.05) is 16.9 Å². The van der Waals surface area contributed by atoms with Crippen molar-refractivity contribution in [2.24, 2.45) is 0 Å². The Morgan fingerprint density at radius 1 is 1.37 bits per heavy atom. The number of H-pyrrole nitrogens is 1. The molecule has 1 aromatic carbocycles. The van der Waals surface area contributed by atoms with Crippen LogP contribution in [0.4, 0.5) is 11.5 Å². The second kappa shape index (κ2) is 4.75. The number of nitrogens with zero attached hydrogens (tertiary/aromatic N) is 1. The first-order valence-electron chi connectivity index (χ1n) is 5.40. The predicted octanol–water partition coefficient (Wildman–Crippen LogP) is 2.06. The first kappa shape index (κ1) is 13.7. The zero-order valence-electron chi connectivity index (χ0n) is 10.4. The number of rotatable bonds is 3. The summed E-state index contributed by atoms with van der Waals surface area (Å²) < 4.78 is 26.8. The predicted molar refractivity (Wildman–Crippen MR) is 74.7 cm³/mol. The van der Waals surface area contributed by atoms with Crippen LogP contribution in [0.1, 0.15) is 11.3 Å². The summed E-state index contributed by atoms with van der Waals surface area (Å²) in [5.74, 6) is 0.255. The van der Waals surface area contributed by atoms with E-state index in [1.165, 1.54) is 18.2 Å². The molecule has 0 aliphatic heterocycles. The van der Waals surface area contributed by atoms with Crippen LogP contribution in [-0.2, 0) is 10.0 Å². The molecule has 0 amide bonds. The monoisotopic (exact) mass is 300 g/mol. The van der Waals surface area contributed by atoms with Gasteiger partial charge in [0.2, 0.25) is 0 Å². The van der Waals surface area contributed by atoms with Gasteiger partial charge in [-0.25, -0.2) is 8.42 Å². The van der Waals surface area contributed by atoms with Gasteiger partial charge in [-0.1, -0.05) is 11.6 Å². The molecule has 0 radical (unpaired) electrons. The van der Waals surface area contributed by atoms with Gasteiger partial charge in [0.15, 0.2) is 5.82 Å². The molecule has 0 aliphatic rings. The number of anilines is 2. The first-order chi connectivity index (χ1) is 8.81. The molecule has 19 heavy (non-hydrogen) atoms. The number of benzene rings is 1. The molecule has 2 aromatic rings. The van der Waals surface area contributed by atoms with Crippen molar-refractivity contribution < 1.29 is 8.42 Å². The molecule has 1 heterocycles. The number of nitrogens with two attached hydrogens (primary N) is 1. The summed E-state index contributed by atoms with van der Waals surface area (Å²) in [6, 6.07) is 4.22. The lowest BCUT2D eigenvalue weighted by atomic mass is 10.3. The number of sulfonamides is 1. The molecule has 2 rings (SSSR count). The number of nitrogen functional groups attached to an aromatic ring is 1. The fourth-order valence-corrected chi connectivity index (χ4v) is 3.12. The highest BCUT2D eigenvalue weighted by molar-refractivity contribution is 7.92. The van der Waals surface area contributed by atoms with Crippen molar-refractivity contribution in [3.8, 4) is 0 Å². The zero-order chi connectivity index (χ0) is 14.2. The van der Waals surface area contributed by atoms with Gasteiger partial charge in [-0.15, -0.1) is 0 Å². The number of halogens is 1. The SMILES string of the molecule is Cc1[nH]nc(NS(=O)(=O)c2ccc(N)cc2Cl)c1C. The van der Waals surface area contributed by atoms with E-state index in [4.69, 9.17) is 17.3 Å². The number of aromatic nitrogens is 2. The maximum absolute atomic E-state index is 12.2. The van der Waals surface area contributed by atoms with E-state index in [2.05, 4.69) is 14.9 Å². The van der Waals surface area contributed by atoms with Gasteiger partial charge in [0.05, 0.1) is 5.02 Å². The third kappa shape index (κ3) is 2.66. The lowest BCUT2D eigenvalue weighted by molar-refractivity contribution is 0.601. The third-order valence-corrected chi connectivity index (χ3v) is 4.55. The van der Waals surface area contributed by atoms with Crippen LogP contribution in [0.15, 0.2) is 23.1 Å². The molecule has 0 atom stereocenters. The summed E-state index contributed by atoms with van der Waals surface area (Å²) in [6.45, 7) is 3.57. The minimum Gasteiger partial charge on any atom is -0.399 e. The number of aromatic amines is 1. The molecule has 8 heteroatoms. The molecule has 0 bridgehead atoms. The smallest absolute Gasteiger partial charge is 0.264 e. The molecule has 0 unspecified atom stereocenters. The maximum Gasteiger partial charge on any atom is 0.264 e. The van der Waals surface area contributed by atoms with Crippen molar-refractivity contribution in [1.82, 2.24) is 10.2 Å². The van der Waals surface area contributed by atoms with Crippen molar-refractivity contribution in [1.29, 1.82) is 0 Å². The fraction of sp³-hybridized carbons (Fsp3) is 0.182. The fourth-order valence-electron chi connectivity index (χ4n) is 1.50. The lowest BCUT2D eigenvalue weighted by Crippen LogP contribution is -2.14. The van der Waals surface area contributed by atoms with Gasteiger partial charge in [0.25, 0.3) is 10.0 Å². The number of nitrogens with one attached hydrogen (secondary N) is 2. The topological polar surface area (TPSA) is 101 Å². The Labute approximate surface area is 116 Å². The maximum atomic E-state index is 12.2. The van der Waals surface area contributed by atoms with E-state index in [1.807, 2.05) is 0 Å². The van der Waals surface area contributed by atoms with Gasteiger partial charge >= 0.3 is 0 Å². The summed E-state index contributed by atoms with van der Waals surface area (Å²) in [4.78, 5) is -0.0385. The van der Waals surface area contributed by atoms with Crippen molar-refractivity contribution >= 4 is 33.1 Å². The van der Waals surface area contributed by atoms with Crippen LogP contribution in [0.5, 0.6) is 0 Å². The zero-order valence-corrected chi connectivity index (χ0v) is 11.9. The van der Waals surface area contributed by atoms with Crippen molar-refractivity contribution in [3.63, 3.8) is 0 Å². The number of hydrogen-bond donors (Lipinski definition) is 3. The van der Waals surface area contributed by atoms with Crippen LogP contribution in [0, 0.1) is 13.8 Å². The first-order valence-corrected chi connectivity index (χ1v) is 7.27. The Hall–Kier alpha value is -1.73. The molecule has 6 nitrogen and oxygen atoms in total. The quantitative estimate of drug-likeness (QED) is 0.755. The summed E-state index contributed by atoms with van der Waals surface area (Å²) in [6.07, 6.45) is 0. The largest absolute Gasteiger partial charge is 0.399 e. The van der Waals surface area contributed by atoms with Gasteiger partial charge in [-0.2, -0.15) is 5.10 Å². The van der Waals surface area contributed by atoms with E-state index in [9.17, 15) is 8.42 Å². The average molecular weight is 301 g/mol. The Morgan fingerprint density at radius 3 is 2.58 bits per heavy atom. The minimum absolute atomic E-state index is 0.0385. The van der Waals surface area contributed by atoms with Crippen molar-refractivity contribution in [3.05, 3.63) is 34.5 Å². The second-order valence-electron chi connectivity index (χ2n) is 4.12. The number of aryl methyl sites for hydroxylation is 1. The molecule has 1 aromatic heterocycles. The van der Waals surface area contributed by atoms with E-state index in [-0.39, 0.29) is 15.7 Å². The standard InChI is InChI=1S/C11H13ClN4O2S/c1-6-7(2)14-15-11(6)16-19(17,18)10-4-3-8(13)5-9(10)12/h3-5H,13H2,1-2H3,(H2,14,15,16). The highest BCUT2D eigenvalue weighted by atomic mass is 35.5. The summed E-state index contributed by atoms with van der Waals surface area (Å²) >= 11 is 5.90. The second-order valence-corrected chi connectivity index (χ2v) is 6.18. The van der Waals surface area contributed by atoms with Crippen LogP contribution >= 0.6 is 11.6 Å². The third-order valence-electron chi connectivity index (χ3n) is 2.73. The summed E-state index contributed by atoms with van der Waals surface area (Å²) in [5.41, 5.74) is 7.46.